The minimum Gasteiger partial charge on any atom is -0.480 e. The number of aliphatic carboxylic acids is 1. The van der Waals surface area contributed by atoms with Crippen LogP contribution in [0.25, 0.3) is 5.82 Å². The molecule has 0 aromatic carbocycles. The third-order valence-corrected chi connectivity index (χ3v) is 4.05. The van der Waals surface area contributed by atoms with Crippen molar-refractivity contribution in [1.29, 1.82) is 0 Å². The van der Waals surface area contributed by atoms with E-state index < -0.39 is 17.9 Å². The molecule has 2 aromatic rings. The molecule has 10 heteroatoms. The molecule has 0 aliphatic carbocycles. The van der Waals surface area contributed by atoms with Crippen LogP contribution in [0.15, 0.2) is 18.3 Å². The molecule has 1 fully saturated rings. The molecular formula is C16H19N5O5. The number of rotatable bonds is 5. The lowest BCUT2D eigenvalue weighted by atomic mass is 10.1. The number of carbonyl (C=O) groups excluding carboxylic acids is 1. The van der Waals surface area contributed by atoms with Gasteiger partial charge in [-0.25, -0.2) is 9.48 Å². The van der Waals surface area contributed by atoms with Gasteiger partial charge < -0.3 is 19.5 Å². The van der Waals surface area contributed by atoms with Gasteiger partial charge in [-0.3, -0.25) is 4.79 Å². The molecule has 3 heterocycles. The highest BCUT2D eigenvalue weighted by molar-refractivity contribution is 5.97. The zero-order valence-corrected chi connectivity index (χ0v) is 14.5. The molecule has 1 aliphatic rings. The largest absolute Gasteiger partial charge is 0.480 e. The first-order valence-electron chi connectivity index (χ1n) is 8.16. The smallest absolute Gasteiger partial charge is 0.328 e. The van der Waals surface area contributed by atoms with Crippen LogP contribution < -0.4 is 4.74 Å². The van der Waals surface area contributed by atoms with Crippen molar-refractivity contribution < 1.29 is 24.2 Å². The summed E-state index contributed by atoms with van der Waals surface area (Å²) < 4.78 is 11.9. The second-order valence-electron chi connectivity index (χ2n) is 5.65. The van der Waals surface area contributed by atoms with Crippen molar-refractivity contribution >= 4 is 11.9 Å². The molecule has 0 unspecified atom stereocenters. The first-order chi connectivity index (χ1) is 12.5. The Morgan fingerprint density at radius 2 is 2.19 bits per heavy atom. The third-order valence-electron chi connectivity index (χ3n) is 4.05. The Morgan fingerprint density at radius 1 is 1.38 bits per heavy atom. The Balaban J connectivity index is 1.86. The molecule has 1 N–H and O–H groups in total. The molecule has 3 rings (SSSR count). The van der Waals surface area contributed by atoms with Gasteiger partial charge in [-0.1, -0.05) is 0 Å². The van der Waals surface area contributed by atoms with Crippen LogP contribution >= 0.6 is 0 Å². The zero-order chi connectivity index (χ0) is 18.7. The van der Waals surface area contributed by atoms with E-state index in [4.69, 9.17) is 9.47 Å². The van der Waals surface area contributed by atoms with E-state index in [1.165, 1.54) is 15.8 Å². The van der Waals surface area contributed by atoms with Crippen LogP contribution in [0.5, 0.6) is 5.88 Å². The monoisotopic (exact) mass is 361 g/mol. The molecule has 0 spiro atoms. The molecule has 1 saturated heterocycles. The van der Waals surface area contributed by atoms with E-state index in [1.54, 1.807) is 19.1 Å². The number of amides is 1. The van der Waals surface area contributed by atoms with Crippen LogP contribution in [0, 0.1) is 6.92 Å². The van der Waals surface area contributed by atoms with Gasteiger partial charge in [0.05, 0.1) is 37.3 Å². The van der Waals surface area contributed by atoms with Gasteiger partial charge in [0.15, 0.2) is 11.9 Å². The van der Waals surface area contributed by atoms with Crippen molar-refractivity contribution in [2.24, 2.45) is 0 Å². The van der Waals surface area contributed by atoms with Crippen molar-refractivity contribution in [2.75, 3.05) is 26.4 Å². The molecule has 0 radical (unpaired) electrons. The highest BCUT2D eigenvalue weighted by Crippen LogP contribution is 2.18. The van der Waals surface area contributed by atoms with E-state index in [2.05, 4.69) is 15.3 Å². The van der Waals surface area contributed by atoms with Crippen molar-refractivity contribution in [3.8, 4) is 11.7 Å². The number of carboxylic acids is 1. The summed E-state index contributed by atoms with van der Waals surface area (Å²) in [6.45, 7) is 4.53. The maximum atomic E-state index is 12.8. The fourth-order valence-corrected chi connectivity index (χ4v) is 2.71. The highest BCUT2D eigenvalue weighted by atomic mass is 16.5. The molecular weight excluding hydrogens is 342 g/mol. The lowest BCUT2D eigenvalue weighted by molar-refractivity contribution is -0.147. The van der Waals surface area contributed by atoms with E-state index in [0.717, 1.165) is 0 Å². The summed E-state index contributed by atoms with van der Waals surface area (Å²) >= 11 is 0. The zero-order valence-electron chi connectivity index (χ0n) is 14.5. The quantitative estimate of drug-likeness (QED) is 0.807. The van der Waals surface area contributed by atoms with Gasteiger partial charge in [-0.05, 0) is 19.9 Å². The van der Waals surface area contributed by atoms with Crippen molar-refractivity contribution in [3.05, 3.63) is 29.6 Å². The summed E-state index contributed by atoms with van der Waals surface area (Å²) in [5.41, 5.74) is 0.859. The third kappa shape index (κ3) is 3.36. The van der Waals surface area contributed by atoms with E-state index in [1.807, 2.05) is 6.92 Å². The van der Waals surface area contributed by atoms with Crippen molar-refractivity contribution in [3.63, 3.8) is 0 Å². The second-order valence-corrected chi connectivity index (χ2v) is 5.65. The topological polar surface area (TPSA) is 120 Å². The van der Waals surface area contributed by atoms with Crippen molar-refractivity contribution in [2.45, 2.75) is 19.9 Å². The van der Waals surface area contributed by atoms with Gasteiger partial charge >= 0.3 is 5.97 Å². The number of hydrogen-bond acceptors (Lipinski definition) is 7. The predicted octanol–water partition coefficient (Wildman–Crippen LogP) is 0.295. The number of morpholine rings is 1. The molecule has 0 bridgehead atoms. The fraction of sp³-hybridized carbons (Fsp3) is 0.438. The van der Waals surface area contributed by atoms with Gasteiger partial charge in [-0.2, -0.15) is 5.10 Å². The van der Waals surface area contributed by atoms with Gasteiger partial charge in [0.1, 0.15) is 0 Å². The molecule has 138 valence electrons. The van der Waals surface area contributed by atoms with Gasteiger partial charge in [-0.15, -0.1) is 10.2 Å². The van der Waals surface area contributed by atoms with Gasteiger partial charge in [0.2, 0.25) is 5.88 Å². The Labute approximate surface area is 149 Å². The second kappa shape index (κ2) is 7.48. The van der Waals surface area contributed by atoms with Gasteiger partial charge in [0, 0.05) is 12.6 Å². The van der Waals surface area contributed by atoms with Crippen LogP contribution in [-0.2, 0) is 9.53 Å². The first kappa shape index (κ1) is 17.8. The predicted molar refractivity (Wildman–Crippen MR) is 88.3 cm³/mol. The molecule has 10 nitrogen and oxygen atoms in total. The van der Waals surface area contributed by atoms with E-state index in [9.17, 15) is 14.7 Å². The van der Waals surface area contributed by atoms with E-state index in [0.29, 0.717) is 36.2 Å². The number of carbonyl (C=O) groups is 2. The van der Waals surface area contributed by atoms with Crippen molar-refractivity contribution in [1.82, 2.24) is 24.9 Å². The summed E-state index contributed by atoms with van der Waals surface area (Å²) in [6.07, 6.45) is 1.41. The van der Waals surface area contributed by atoms with Gasteiger partial charge in [0.25, 0.3) is 5.91 Å². The molecule has 1 atom stereocenters. The Morgan fingerprint density at radius 3 is 2.85 bits per heavy atom. The fourth-order valence-electron chi connectivity index (χ4n) is 2.71. The standard InChI is InChI=1S/C16H19N5O5/c1-3-26-14-5-4-13(18-19-14)21-10(2)11(8-17-21)15(22)20-6-7-25-9-12(20)16(23)24/h4-5,8,12H,3,6-7,9H2,1-2H3,(H,23,24)/t12-/m0/s1. The number of carboxylic acid groups (broad SMARTS) is 1. The molecule has 1 amide bonds. The van der Waals surface area contributed by atoms with E-state index >= 15 is 0 Å². The Bertz CT molecular complexity index is 804. The summed E-state index contributed by atoms with van der Waals surface area (Å²) in [7, 11) is 0. The lowest BCUT2D eigenvalue weighted by Crippen LogP contribution is -2.52. The minimum absolute atomic E-state index is 0.0291. The number of hydrogen-bond donors (Lipinski definition) is 1. The summed E-state index contributed by atoms with van der Waals surface area (Å²) in [4.78, 5) is 25.5. The minimum atomic E-state index is -1.10. The number of aromatic nitrogens is 4. The van der Waals surface area contributed by atoms with Crippen LogP contribution in [0.2, 0.25) is 0 Å². The highest BCUT2D eigenvalue weighted by Gasteiger charge is 2.34. The summed E-state index contributed by atoms with van der Waals surface area (Å²) in [6, 6.07) is 2.34. The average molecular weight is 361 g/mol. The Kier molecular flexibility index (Phi) is 5.12. The molecule has 2 aromatic heterocycles. The molecule has 1 aliphatic heterocycles. The van der Waals surface area contributed by atoms with Crippen LogP contribution in [0.4, 0.5) is 0 Å². The normalized spacial score (nSPS) is 17.2. The van der Waals surface area contributed by atoms with Crippen LogP contribution in [0.3, 0.4) is 0 Å². The summed E-state index contributed by atoms with van der Waals surface area (Å²) in [5.74, 6) is -0.666. The maximum Gasteiger partial charge on any atom is 0.328 e. The number of ether oxygens (including phenoxy) is 2. The SMILES string of the molecule is CCOc1ccc(-n2ncc(C(=O)N3CCOC[C@H]3C(=O)O)c2C)nn1. The average Bonchev–Trinajstić information content (AvgIpc) is 3.03. The molecule has 26 heavy (non-hydrogen) atoms. The maximum absolute atomic E-state index is 12.8. The van der Waals surface area contributed by atoms with Crippen LogP contribution in [-0.4, -0.2) is 74.3 Å². The summed E-state index contributed by atoms with van der Waals surface area (Å²) in [5, 5.41) is 21.5. The van der Waals surface area contributed by atoms with E-state index in [-0.39, 0.29) is 13.2 Å². The number of nitrogens with zero attached hydrogens (tertiary/aromatic N) is 5. The molecule has 0 saturated carbocycles. The lowest BCUT2D eigenvalue weighted by Gasteiger charge is -2.32. The Hall–Kier alpha value is -3.01. The first-order valence-corrected chi connectivity index (χ1v) is 8.16. The van der Waals surface area contributed by atoms with Crippen LogP contribution in [0.1, 0.15) is 23.0 Å².